The molecule has 0 unspecified atom stereocenters. The number of rotatable bonds is 4. The summed E-state index contributed by atoms with van der Waals surface area (Å²) in [7, 11) is -3.54. The van der Waals surface area contributed by atoms with Crippen molar-refractivity contribution in [3.05, 3.63) is 60.2 Å². The average Bonchev–Trinajstić information content (AvgIpc) is 3.13. The Kier molecular flexibility index (Phi) is 5.20. The second-order valence-corrected chi connectivity index (χ2v) is 9.97. The lowest BCUT2D eigenvalue weighted by molar-refractivity contribution is -0.133. The summed E-state index contributed by atoms with van der Waals surface area (Å²) in [6.07, 6.45) is 0.799. The predicted molar refractivity (Wildman–Crippen MR) is 110 cm³/mol. The fraction of sp³-hybridized carbons (Fsp3) is 0.250. The van der Waals surface area contributed by atoms with E-state index in [1.54, 1.807) is 16.8 Å². The van der Waals surface area contributed by atoms with Gasteiger partial charge in [-0.1, -0.05) is 42.5 Å². The van der Waals surface area contributed by atoms with E-state index in [-0.39, 0.29) is 12.3 Å². The largest absolute Gasteiger partial charge is 0.289 e. The number of carbonyl (C=O) groups excluding carboxylic acids is 1. The van der Waals surface area contributed by atoms with E-state index in [4.69, 9.17) is 5.21 Å². The van der Waals surface area contributed by atoms with Gasteiger partial charge in [-0.15, -0.1) is 11.3 Å². The van der Waals surface area contributed by atoms with E-state index in [1.165, 1.54) is 14.4 Å². The minimum absolute atomic E-state index is 0.0159. The first kappa shape index (κ1) is 19.1. The van der Waals surface area contributed by atoms with Crippen LogP contribution in [0.5, 0.6) is 0 Å². The van der Waals surface area contributed by atoms with Crippen LogP contribution < -0.4 is 5.48 Å². The highest BCUT2D eigenvalue weighted by Crippen LogP contribution is 2.33. The number of sulfonamides is 1. The molecule has 28 heavy (non-hydrogen) atoms. The SMILES string of the molecule is O=C(NO)[C@@H]1CCCS(=O)(=O)N1Cc1ccc(-c2cc3ccccc3s2)cc1. The van der Waals surface area contributed by atoms with Gasteiger partial charge in [0.25, 0.3) is 5.91 Å². The zero-order chi connectivity index (χ0) is 19.7. The molecule has 2 N–H and O–H groups in total. The van der Waals surface area contributed by atoms with Gasteiger partial charge in [-0.3, -0.25) is 10.0 Å². The Bertz CT molecular complexity index is 1070. The molecule has 1 fully saturated rings. The molecule has 2 aromatic carbocycles. The third-order valence-electron chi connectivity index (χ3n) is 5.00. The maximum absolute atomic E-state index is 12.5. The molecule has 1 aromatic heterocycles. The van der Waals surface area contributed by atoms with Gasteiger partial charge < -0.3 is 0 Å². The lowest BCUT2D eigenvalue weighted by Gasteiger charge is -2.33. The van der Waals surface area contributed by atoms with Crippen molar-refractivity contribution in [2.24, 2.45) is 0 Å². The summed E-state index contributed by atoms with van der Waals surface area (Å²) in [5, 5.41) is 10.1. The molecule has 1 saturated heterocycles. The van der Waals surface area contributed by atoms with Gasteiger partial charge in [0, 0.05) is 16.1 Å². The van der Waals surface area contributed by atoms with Crippen LogP contribution in [0.2, 0.25) is 0 Å². The molecule has 1 aliphatic rings. The Hall–Kier alpha value is -2.26. The Balaban J connectivity index is 1.58. The van der Waals surface area contributed by atoms with Crippen LogP contribution in [-0.2, 0) is 21.4 Å². The van der Waals surface area contributed by atoms with E-state index in [2.05, 4.69) is 18.2 Å². The number of nitrogens with zero attached hydrogens (tertiary/aromatic N) is 1. The van der Waals surface area contributed by atoms with Gasteiger partial charge in [0.05, 0.1) is 5.75 Å². The Morgan fingerprint density at radius 2 is 1.93 bits per heavy atom. The van der Waals surface area contributed by atoms with Crippen molar-refractivity contribution in [3.63, 3.8) is 0 Å². The normalized spacial score (nSPS) is 19.5. The summed E-state index contributed by atoms with van der Waals surface area (Å²) in [4.78, 5) is 13.1. The first-order valence-electron chi connectivity index (χ1n) is 8.99. The molecule has 0 spiro atoms. The predicted octanol–water partition coefficient (Wildman–Crippen LogP) is 3.37. The van der Waals surface area contributed by atoms with E-state index >= 15 is 0 Å². The molecule has 4 rings (SSSR count). The summed E-state index contributed by atoms with van der Waals surface area (Å²) < 4.78 is 27.4. The van der Waals surface area contributed by atoms with Crippen LogP contribution in [0.1, 0.15) is 18.4 Å². The number of thiophene rings is 1. The number of hydrogen-bond acceptors (Lipinski definition) is 5. The molecule has 8 heteroatoms. The molecule has 3 aromatic rings. The number of hydrogen-bond donors (Lipinski definition) is 2. The first-order chi connectivity index (χ1) is 13.5. The third kappa shape index (κ3) is 3.68. The summed E-state index contributed by atoms with van der Waals surface area (Å²) in [6, 6.07) is 17.2. The zero-order valence-electron chi connectivity index (χ0n) is 15.0. The number of carbonyl (C=O) groups is 1. The number of fused-ring (bicyclic) bond motifs is 1. The summed E-state index contributed by atoms with van der Waals surface area (Å²) in [6.45, 7) is 0.104. The number of hydroxylamine groups is 1. The molecule has 146 valence electrons. The van der Waals surface area contributed by atoms with Crippen LogP contribution >= 0.6 is 11.3 Å². The maximum atomic E-state index is 12.5. The molecular weight excluding hydrogens is 396 g/mol. The second kappa shape index (κ2) is 7.63. The van der Waals surface area contributed by atoms with Crippen LogP contribution in [0.3, 0.4) is 0 Å². The Labute approximate surface area is 167 Å². The fourth-order valence-corrected chi connectivity index (χ4v) is 6.31. The van der Waals surface area contributed by atoms with E-state index < -0.39 is 22.0 Å². The molecule has 0 aliphatic carbocycles. The maximum Gasteiger partial charge on any atom is 0.261 e. The minimum Gasteiger partial charge on any atom is -0.289 e. The molecule has 6 nitrogen and oxygen atoms in total. The summed E-state index contributed by atoms with van der Waals surface area (Å²) in [5.41, 5.74) is 3.45. The molecule has 0 radical (unpaired) electrons. The molecule has 1 amide bonds. The topological polar surface area (TPSA) is 86.7 Å². The van der Waals surface area contributed by atoms with Crippen LogP contribution in [0, 0.1) is 0 Å². The van der Waals surface area contributed by atoms with Gasteiger partial charge >= 0.3 is 0 Å². The molecule has 0 bridgehead atoms. The lowest BCUT2D eigenvalue weighted by atomic mass is 10.1. The van der Waals surface area contributed by atoms with Crippen molar-refractivity contribution >= 4 is 37.4 Å². The van der Waals surface area contributed by atoms with Gasteiger partial charge in [-0.05, 0) is 41.5 Å². The van der Waals surface area contributed by atoms with Crippen LogP contribution in [0.25, 0.3) is 20.5 Å². The van der Waals surface area contributed by atoms with Crippen molar-refractivity contribution in [3.8, 4) is 10.4 Å². The Morgan fingerprint density at radius 3 is 2.64 bits per heavy atom. The van der Waals surface area contributed by atoms with Gasteiger partial charge in [0.15, 0.2) is 0 Å². The molecule has 1 aliphatic heterocycles. The van der Waals surface area contributed by atoms with E-state index in [9.17, 15) is 13.2 Å². The second-order valence-electron chi connectivity index (χ2n) is 6.84. The van der Waals surface area contributed by atoms with Gasteiger partial charge in [0.1, 0.15) is 6.04 Å². The van der Waals surface area contributed by atoms with E-state index in [0.717, 1.165) is 16.0 Å². The number of benzene rings is 2. The highest BCUT2D eigenvalue weighted by Gasteiger charge is 2.38. The van der Waals surface area contributed by atoms with Crippen LogP contribution in [0.15, 0.2) is 54.6 Å². The van der Waals surface area contributed by atoms with Gasteiger partial charge in [0.2, 0.25) is 10.0 Å². The lowest BCUT2D eigenvalue weighted by Crippen LogP contribution is -2.51. The molecular formula is C20H20N2O4S2. The van der Waals surface area contributed by atoms with E-state index in [1.807, 2.05) is 36.4 Å². The van der Waals surface area contributed by atoms with Crippen molar-refractivity contribution in [1.29, 1.82) is 0 Å². The molecule has 1 atom stereocenters. The highest BCUT2D eigenvalue weighted by molar-refractivity contribution is 7.89. The van der Waals surface area contributed by atoms with Crippen molar-refractivity contribution in [2.45, 2.75) is 25.4 Å². The van der Waals surface area contributed by atoms with Crippen LogP contribution in [-0.4, -0.2) is 35.6 Å². The zero-order valence-corrected chi connectivity index (χ0v) is 16.7. The van der Waals surface area contributed by atoms with Crippen molar-refractivity contribution in [1.82, 2.24) is 9.79 Å². The standard InChI is InChI=1S/C20H20N2O4S2/c23-20(21-24)17-5-3-11-28(25,26)22(17)13-14-7-9-15(10-8-14)19-12-16-4-1-2-6-18(16)27-19/h1-2,4,6-10,12,17,24H,3,5,11,13H2,(H,21,23)/t17-/m0/s1. The summed E-state index contributed by atoms with van der Waals surface area (Å²) in [5.74, 6) is -0.674. The fourth-order valence-electron chi connectivity index (χ4n) is 3.54. The first-order valence-corrected chi connectivity index (χ1v) is 11.4. The third-order valence-corrected chi connectivity index (χ3v) is 8.07. The van der Waals surface area contributed by atoms with E-state index in [0.29, 0.717) is 12.8 Å². The quantitative estimate of drug-likeness (QED) is 0.504. The average molecular weight is 417 g/mol. The minimum atomic E-state index is -3.54. The number of amides is 1. The van der Waals surface area contributed by atoms with Gasteiger partial charge in [-0.2, -0.15) is 4.31 Å². The van der Waals surface area contributed by atoms with Crippen LogP contribution in [0.4, 0.5) is 0 Å². The Morgan fingerprint density at radius 1 is 1.18 bits per heavy atom. The molecule has 0 saturated carbocycles. The van der Waals surface area contributed by atoms with Crippen molar-refractivity contribution in [2.75, 3.05) is 5.75 Å². The smallest absolute Gasteiger partial charge is 0.261 e. The summed E-state index contributed by atoms with van der Waals surface area (Å²) >= 11 is 1.71. The highest BCUT2D eigenvalue weighted by atomic mass is 32.2. The molecule has 2 heterocycles. The monoisotopic (exact) mass is 416 g/mol. The number of nitrogens with one attached hydrogen (secondary N) is 1. The van der Waals surface area contributed by atoms with Gasteiger partial charge in [-0.25, -0.2) is 13.9 Å². The van der Waals surface area contributed by atoms with Crippen molar-refractivity contribution < 1.29 is 18.4 Å².